The van der Waals surface area contributed by atoms with Gasteiger partial charge in [-0.3, -0.25) is 24.3 Å². The van der Waals surface area contributed by atoms with Crippen LogP contribution in [0.1, 0.15) is 26.5 Å². The lowest BCUT2D eigenvalue weighted by Gasteiger charge is -2.12. The molecule has 2 amide bonds. The van der Waals surface area contributed by atoms with Crippen molar-refractivity contribution in [1.29, 1.82) is 0 Å². The number of amides is 2. The maximum absolute atomic E-state index is 12.5. The zero-order valence-corrected chi connectivity index (χ0v) is 13.2. The monoisotopic (exact) mass is 335 g/mol. The number of imide groups is 1. The molecule has 1 aliphatic heterocycles. The molecule has 7 heteroatoms. The minimum absolute atomic E-state index is 0.00145. The Kier molecular flexibility index (Phi) is 3.11. The van der Waals surface area contributed by atoms with Crippen molar-refractivity contribution in [2.24, 2.45) is 0 Å². The molecule has 25 heavy (non-hydrogen) atoms. The predicted octanol–water partition coefficient (Wildman–Crippen LogP) is 1.87. The Balaban J connectivity index is 1.92. The lowest BCUT2D eigenvalue weighted by atomic mass is 10.1. The van der Waals surface area contributed by atoms with Crippen molar-refractivity contribution in [3.05, 3.63) is 69.7 Å². The zero-order chi connectivity index (χ0) is 17.7. The van der Waals surface area contributed by atoms with Gasteiger partial charge in [-0.2, -0.15) is 0 Å². The molecule has 0 fully saturated rings. The van der Waals surface area contributed by atoms with E-state index in [1.165, 1.54) is 4.57 Å². The van der Waals surface area contributed by atoms with Crippen LogP contribution in [-0.4, -0.2) is 16.4 Å². The molecule has 0 bridgehead atoms. The average Bonchev–Trinajstić information content (AvgIpc) is 3.12. The van der Waals surface area contributed by atoms with Crippen LogP contribution in [0.25, 0.3) is 17.0 Å². The normalized spacial score (nSPS) is 13.0. The van der Waals surface area contributed by atoms with E-state index in [1.807, 2.05) is 25.1 Å². The summed E-state index contributed by atoms with van der Waals surface area (Å²) >= 11 is 0. The van der Waals surface area contributed by atoms with E-state index < -0.39 is 17.4 Å². The number of aromatic nitrogens is 1. The number of furan rings is 1. The van der Waals surface area contributed by atoms with E-state index in [9.17, 15) is 14.4 Å². The molecule has 2 aromatic heterocycles. The quantitative estimate of drug-likeness (QED) is 0.695. The van der Waals surface area contributed by atoms with E-state index in [0.717, 1.165) is 17.4 Å². The minimum atomic E-state index is -0.615. The van der Waals surface area contributed by atoms with Crippen LogP contribution in [0.3, 0.4) is 0 Å². The molecule has 4 rings (SSSR count). The van der Waals surface area contributed by atoms with Crippen molar-refractivity contribution in [2.75, 3.05) is 5.73 Å². The van der Waals surface area contributed by atoms with E-state index in [0.29, 0.717) is 11.4 Å². The Bertz CT molecular complexity index is 1110. The number of nitrogens with two attached hydrogens (primary N) is 1. The van der Waals surface area contributed by atoms with Gasteiger partial charge in [0.2, 0.25) is 0 Å². The Hall–Kier alpha value is -3.61. The fourth-order valence-corrected chi connectivity index (χ4v) is 2.93. The van der Waals surface area contributed by atoms with Crippen LogP contribution >= 0.6 is 0 Å². The number of carbonyl (C=O) groups is 2. The molecular formula is C18H13N3O4. The van der Waals surface area contributed by atoms with Crippen LogP contribution in [-0.2, 0) is 0 Å². The van der Waals surface area contributed by atoms with E-state index >= 15 is 0 Å². The van der Waals surface area contributed by atoms with Gasteiger partial charge >= 0.3 is 0 Å². The third kappa shape index (κ3) is 2.25. The predicted molar refractivity (Wildman–Crippen MR) is 90.7 cm³/mol. The molecule has 7 nitrogen and oxygen atoms in total. The number of nitrogen functional groups attached to an aromatic ring is 1. The SMILES string of the molecule is Cc1ccc(-c2cccc(-n3c(N)c4c(cc3=O)C(=O)NC4=O)c2)o1. The second kappa shape index (κ2) is 5.20. The van der Waals surface area contributed by atoms with E-state index in [-0.39, 0.29) is 16.9 Å². The Labute approximate surface area is 141 Å². The highest BCUT2D eigenvalue weighted by molar-refractivity contribution is 6.23. The zero-order valence-electron chi connectivity index (χ0n) is 13.2. The third-order valence-corrected chi connectivity index (χ3v) is 4.08. The molecule has 0 unspecified atom stereocenters. The van der Waals surface area contributed by atoms with Crippen LogP contribution in [0.2, 0.25) is 0 Å². The second-order valence-electron chi connectivity index (χ2n) is 5.74. The highest BCUT2D eigenvalue weighted by atomic mass is 16.3. The van der Waals surface area contributed by atoms with Crippen molar-refractivity contribution in [2.45, 2.75) is 6.92 Å². The summed E-state index contributed by atoms with van der Waals surface area (Å²) in [4.78, 5) is 36.1. The smallest absolute Gasteiger partial charge is 0.262 e. The maximum Gasteiger partial charge on any atom is 0.262 e. The van der Waals surface area contributed by atoms with Crippen LogP contribution in [0.4, 0.5) is 5.82 Å². The van der Waals surface area contributed by atoms with Gasteiger partial charge in [0.05, 0.1) is 16.8 Å². The first-order valence-corrected chi connectivity index (χ1v) is 7.54. The summed E-state index contributed by atoms with van der Waals surface area (Å²) in [6, 6.07) is 11.8. The van der Waals surface area contributed by atoms with Crippen LogP contribution in [0.5, 0.6) is 0 Å². The van der Waals surface area contributed by atoms with Crippen molar-refractivity contribution < 1.29 is 14.0 Å². The molecule has 0 radical (unpaired) electrons. The van der Waals surface area contributed by atoms with Crippen LogP contribution < -0.4 is 16.6 Å². The molecule has 1 aliphatic rings. The number of benzene rings is 1. The number of anilines is 1. The van der Waals surface area contributed by atoms with Crippen molar-refractivity contribution in [3.8, 4) is 17.0 Å². The number of rotatable bonds is 2. The number of carbonyl (C=O) groups excluding carboxylic acids is 2. The summed E-state index contributed by atoms with van der Waals surface area (Å²) in [5.41, 5.74) is 6.80. The maximum atomic E-state index is 12.5. The molecule has 0 spiro atoms. The van der Waals surface area contributed by atoms with Crippen molar-refractivity contribution in [3.63, 3.8) is 0 Å². The summed E-state index contributed by atoms with van der Waals surface area (Å²) in [6.45, 7) is 1.84. The summed E-state index contributed by atoms with van der Waals surface area (Å²) in [5, 5.41) is 2.14. The van der Waals surface area contributed by atoms with Gasteiger partial charge in [-0.1, -0.05) is 12.1 Å². The van der Waals surface area contributed by atoms with E-state index in [1.54, 1.807) is 18.2 Å². The Morgan fingerprint density at radius 1 is 1.04 bits per heavy atom. The molecular weight excluding hydrogens is 322 g/mol. The fourth-order valence-electron chi connectivity index (χ4n) is 2.93. The minimum Gasteiger partial charge on any atom is -0.461 e. The van der Waals surface area contributed by atoms with Gasteiger partial charge in [0, 0.05) is 11.6 Å². The summed E-state index contributed by atoms with van der Waals surface area (Å²) in [7, 11) is 0. The number of nitrogens with zero attached hydrogens (tertiary/aromatic N) is 1. The molecule has 0 atom stereocenters. The van der Waals surface area contributed by atoms with Crippen molar-refractivity contribution in [1.82, 2.24) is 9.88 Å². The number of nitrogens with one attached hydrogen (secondary N) is 1. The molecule has 0 saturated heterocycles. The summed E-state index contributed by atoms with van der Waals surface area (Å²) < 4.78 is 6.80. The third-order valence-electron chi connectivity index (χ3n) is 4.08. The lowest BCUT2D eigenvalue weighted by Crippen LogP contribution is -2.24. The first-order chi connectivity index (χ1) is 12.0. The second-order valence-corrected chi connectivity index (χ2v) is 5.74. The van der Waals surface area contributed by atoms with Gasteiger partial charge in [0.25, 0.3) is 17.4 Å². The molecule has 3 aromatic rings. The van der Waals surface area contributed by atoms with E-state index in [2.05, 4.69) is 5.32 Å². The highest BCUT2D eigenvalue weighted by Gasteiger charge is 2.31. The molecule has 0 aliphatic carbocycles. The number of hydrogen-bond acceptors (Lipinski definition) is 5. The summed E-state index contributed by atoms with van der Waals surface area (Å²) in [5.74, 6) is 0.128. The molecule has 124 valence electrons. The lowest BCUT2D eigenvalue weighted by molar-refractivity contribution is 0.0880. The van der Waals surface area contributed by atoms with Gasteiger partial charge < -0.3 is 10.2 Å². The Morgan fingerprint density at radius 2 is 1.84 bits per heavy atom. The largest absolute Gasteiger partial charge is 0.461 e. The highest BCUT2D eigenvalue weighted by Crippen LogP contribution is 2.27. The Morgan fingerprint density at radius 3 is 2.56 bits per heavy atom. The van der Waals surface area contributed by atoms with Gasteiger partial charge in [-0.15, -0.1) is 0 Å². The fraction of sp³-hybridized carbons (Fsp3) is 0.0556. The van der Waals surface area contributed by atoms with Crippen molar-refractivity contribution >= 4 is 17.6 Å². The molecule has 0 saturated carbocycles. The molecule has 3 heterocycles. The number of aryl methyl sites for hydroxylation is 1. The van der Waals surface area contributed by atoms with Gasteiger partial charge in [-0.25, -0.2) is 0 Å². The van der Waals surface area contributed by atoms with Gasteiger partial charge in [-0.05, 0) is 31.2 Å². The average molecular weight is 335 g/mol. The first kappa shape index (κ1) is 14.9. The van der Waals surface area contributed by atoms with E-state index in [4.69, 9.17) is 10.2 Å². The molecule has 1 aromatic carbocycles. The van der Waals surface area contributed by atoms with Gasteiger partial charge in [0.1, 0.15) is 17.3 Å². The van der Waals surface area contributed by atoms with Crippen LogP contribution in [0.15, 0.2) is 51.7 Å². The number of hydrogen-bond donors (Lipinski definition) is 2. The molecule has 3 N–H and O–H groups in total. The topological polar surface area (TPSA) is 107 Å². The number of fused-ring (bicyclic) bond motifs is 1. The standard InChI is InChI=1S/C18H13N3O4/c1-9-5-6-13(25-9)10-3-2-4-11(7-10)21-14(22)8-12-15(16(21)19)18(24)20-17(12)23/h2-8H,19H2,1H3,(H,20,23,24). The summed E-state index contributed by atoms with van der Waals surface area (Å²) in [6.07, 6.45) is 0. The van der Waals surface area contributed by atoms with Gasteiger partial charge in [0.15, 0.2) is 0 Å². The number of pyridine rings is 1. The first-order valence-electron chi connectivity index (χ1n) is 7.54. The van der Waals surface area contributed by atoms with Crippen LogP contribution in [0, 0.1) is 6.92 Å².